The third kappa shape index (κ3) is 3.55. The zero-order valence-corrected chi connectivity index (χ0v) is 10.7. The summed E-state index contributed by atoms with van der Waals surface area (Å²) in [4.78, 5) is 0. The number of phenols is 1. The van der Waals surface area contributed by atoms with E-state index in [1.807, 2.05) is 0 Å². The predicted octanol–water partition coefficient (Wildman–Crippen LogP) is 4.71. The smallest absolute Gasteiger partial charge is 0.115 e. The summed E-state index contributed by atoms with van der Waals surface area (Å²) in [5.74, 6) is 1.73. The lowest BCUT2D eigenvalue weighted by Crippen LogP contribution is -2.09. The summed E-state index contributed by atoms with van der Waals surface area (Å²) >= 11 is 0. The first-order valence-corrected chi connectivity index (χ1v) is 6.48. The van der Waals surface area contributed by atoms with Crippen LogP contribution in [0.5, 0.6) is 5.75 Å². The van der Waals surface area contributed by atoms with Gasteiger partial charge >= 0.3 is 0 Å². The summed E-state index contributed by atoms with van der Waals surface area (Å²) in [6.45, 7) is 6.82. The Morgan fingerprint density at radius 3 is 2.25 bits per heavy atom. The molecule has 0 aliphatic rings. The van der Waals surface area contributed by atoms with Crippen molar-refractivity contribution >= 4 is 0 Å². The highest BCUT2D eigenvalue weighted by molar-refractivity contribution is 5.28. The Hall–Kier alpha value is -0.980. The fraction of sp³-hybridized carbons (Fsp3) is 0.600. The second kappa shape index (κ2) is 6.57. The Morgan fingerprint density at radius 2 is 1.75 bits per heavy atom. The molecule has 2 atom stereocenters. The van der Waals surface area contributed by atoms with Crippen molar-refractivity contribution in [1.29, 1.82) is 0 Å². The summed E-state index contributed by atoms with van der Waals surface area (Å²) in [5.41, 5.74) is 1.38. The molecule has 0 aromatic heterocycles. The zero-order chi connectivity index (χ0) is 12.0. The van der Waals surface area contributed by atoms with Gasteiger partial charge in [-0.15, -0.1) is 0 Å². The lowest BCUT2D eigenvalue weighted by molar-refractivity contribution is 0.410. The van der Waals surface area contributed by atoms with Crippen LogP contribution in [-0.2, 0) is 0 Å². The second-order valence-corrected chi connectivity index (χ2v) is 4.73. The molecule has 90 valence electrons. The number of hydrogen-bond donors (Lipinski definition) is 1. The first-order chi connectivity index (χ1) is 7.69. The van der Waals surface area contributed by atoms with Crippen molar-refractivity contribution in [3.05, 3.63) is 29.8 Å². The van der Waals surface area contributed by atoms with E-state index >= 15 is 0 Å². The van der Waals surface area contributed by atoms with Gasteiger partial charge in [0.15, 0.2) is 0 Å². The van der Waals surface area contributed by atoms with Crippen molar-refractivity contribution in [3.63, 3.8) is 0 Å². The molecule has 1 aromatic rings. The summed E-state index contributed by atoms with van der Waals surface area (Å²) in [7, 11) is 0. The average molecular weight is 220 g/mol. The molecule has 1 nitrogen and oxygen atoms in total. The van der Waals surface area contributed by atoms with Gasteiger partial charge < -0.3 is 5.11 Å². The van der Waals surface area contributed by atoms with E-state index < -0.39 is 0 Å². The molecule has 1 aromatic carbocycles. The highest BCUT2D eigenvalue weighted by Gasteiger charge is 2.17. The molecule has 1 rings (SSSR count). The van der Waals surface area contributed by atoms with Gasteiger partial charge in [0.25, 0.3) is 0 Å². The molecule has 0 amide bonds. The largest absolute Gasteiger partial charge is 0.508 e. The van der Waals surface area contributed by atoms with Gasteiger partial charge in [0.05, 0.1) is 0 Å². The van der Waals surface area contributed by atoms with Gasteiger partial charge in [-0.3, -0.25) is 0 Å². The molecule has 0 saturated carbocycles. The number of hydrogen-bond acceptors (Lipinski definition) is 1. The molecule has 0 fully saturated rings. The molecule has 1 heteroatoms. The van der Waals surface area contributed by atoms with E-state index in [1.165, 1.54) is 31.2 Å². The van der Waals surface area contributed by atoms with E-state index in [0.717, 1.165) is 5.92 Å². The maximum Gasteiger partial charge on any atom is 0.115 e. The third-order valence-corrected chi connectivity index (χ3v) is 3.52. The van der Waals surface area contributed by atoms with Crippen molar-refractivity contribution in [2.24, 2.45) is 5.92 Å². The van der Waals surface area contributed by atoms with Gasteiger partial charge in [-0.1, -0.05) is 52.2 Å². The summed E-state index contributed by atoms with van der Waals surface area (Å²) < 4.78 is 0. The van der Waals surface area contributed by atoms with E-state index in [1.54, 1.807) is 12.1 Å². The van der Waals surface area contributed by atoms with E-state index in [-0.39, 0.29) is 0 Å². The molecule has 0 radical (unpaired) electrons. The average Bonchev–Trinajstić information content (AvgIpc) is 2.31. The maximum absolute atomic E-state index is 9.31. The molecular weight excluding hydrogens is 196 g/mol. The van der Waals surface area contributed by atoms with E-state index in [9.17, 15) is 5.11 Å². The Kier molecular flexibility index (Phi) is 5.37. The molecule has 0 aliphatic carbocycles. The Bertz CT molecular complexity index is 289. The number of phenolic OH excluding ortho intramolecular Hbond substituents is 1. The fourth-order valence-corrected chi connectivity index (χ4v) is 2.21. The molecule has 0 heterocycles. The molecule has 0 aliphatic heterocycles. The maximum atomic E-state index is 9.31. The zero-order valence-electron chi connectivity index (χ0n) is 10.7. The fourth-order valence-electron chi connectivity index (χ4n) is 2.21. The van der Waals surface area contributed by atoms with Crippen LogP contribution in [-0.4, -0.2) is 5.11 Å². The van der Waals surface area contributed by atoms with E-state index in [0.29, 0.717) is 11.7 Å². The van der Waals surface area contributed by atoms with Crippen LogP contribution in [0.1, 0.15) is 57.9 Å². The molecule has 0 bridgehead atoms. The monoisotopic (exact) mass is 220 g/mol. The van der Waals surface area contributed by atoms with E-state index in [2.05, 4.69) is 32.9 Å². The SMILES string of the molecule is CCCCC(c1ccc(O)cc1)C(C)CC. The number of benzene rings is 1. The lowest BCUT2D eigenvalue weighted by Gasteiger charge is -2.23. The highest BCUT2D eigenvalue weighted by Crippen LogP contribution is 2.32. The predicted molar refractivity (Wildman–Crippen MR) is 69.8 cm³/mol. The standard InChI is InChI=1S/C15H24O/c1-4-6-7-15(12(3)5-2)13-8-10-14(16)11-9-13/h8-12,15-16H,4-7H2,1-3H3. The minimum absolute atomic E-state index is 0.363. The minimum atomic E-state index is 0.363. The topological polar surface area (TPSA) is 20.2 Å². The van der Waals surface area contributed by atoms with Gasteiger partial charge in [-0.25, -0.2) is 0 Å². The first-order valence-electron chi connectivity index (χ1n) is 6.48. The van der Waals surface area contributed by atoms with Gasteiger partial charge in [-0.2, -0.15) is 0 Å². The van der Waals surface area contributed by atoms with Crippen LogP contribution in [0.3, 0.4) is 0 Å². The van der Waals surface area contributed by atoms with Crippen LogP contribution in [0.2, 0.25) is 0 Å². The van der Waals surface area contributed by atoms with E-state index in [4.69, 9.17) is 0 Å². The van der Waals surface area contributed by atoms with Crippen molar-refractivity contribution in [2.45, 2.75) is 52.4 Å². The molecule has 0 spiro atoms. The van der Waals surface area contributed by atoms with Crippen molar-refractivity contribution < 1.29 is 5.11 Å². The first kappa shape index (κ1) is 13.1. The van der Waals surface area contributed by atoms with Gasteiger partial charge in [0.1, 0.15) is 5.75 Å². The summed E-state index contributed by atoms with van der Waals surface area (Å²) in [6, 6.07) is 7.75. The molecule has 16 heavy (non-hydrogen) atoms. The van der Waals surface area contributed by atoms with Crippen LogP contribution >= 0.6 is 0 Å². The number of aromatic hydroxyl groups is 1. The van der Waals surface area contributed by atoms with Gasteiger partial charge in [0, 0.05) is 0 Å². The molecule has 0 saturated heterocycles. The number of unbranched alkanes of at least 4 members (excludes halogenated alkanes) is 1. The van der Waals surface area contributed by atoms with Crippen LogP contribution in [0.15, 0.2) is 24.3 Å². The van der Waals surface area contributed by atoms with Gasteiger partial charge in [0.2, 0.25) is 0 Å². The van der Waals surface area contributed by atoms with Crippen LogP contribution in [0.4, 0.5) is 0 Å². The van der Waals surface area contributed by atoms with Crippen LogP contribution < -0.4 is 0 Å². The van der Waals surface area contributed by atoms with Gasteiger partial charge in [-0.05, 0) is 36.0 Å². The minimum Gasteiger partial charge on any atom is -0.508 e. The number of rotatable bonds is 6. The Labute approximate surface area is 99.5 Å². The van der Waals surface area contributed by atoms with Crippen LogP contribution in [0.25, 0.3) is 0 Å². The summed E-state index contributed by atoms with van der Waals surface area (Å²) in [5, 5.41) is 9.31. The summed E-state index contributed by atoms with van der Waals surface area (Å²) in [6.07, 6.45) is 5.02. The van der Waals surface area contributed by atoms with Crippen molar-refractivity contribution in [1.82, 2.24) is 0 Å². The molecule has 2 unspecified atom stereocenters. The second-order valence-electron chi connectivity index (χ2n) is 4.73. The normalized spacial score (nSPS) is 14.7. The highest BCUT2D eigenvalue weighted by atomic mass is 16.3. The Morgan fingerprint density at radius 1 is 1.12 bits per heavy atom. The molecular formula is C15H24O. The van der Waals surface area contributed by atoms with Crippen molar-refractivity contribution in [3.8, 4) is 5.75 Å². The van der Waals surface area contributed by atoms with Crippen LogP contribution in [0, 0.1) is 5.92 Å². The quantitative estimate of drug-likeness (QED) is 0.736. The molecule has 1 N–H and O–H groups in total. The third-order valence-electron chi connectivity index (χ3n) is 3.52. The Balaban J connectivity index is 2.78. The lowest BCUT2D eigenvalue weighted by atomic mass is 9.82. The van der Waals surface area contributed by atoms with Crippen molar-refractivity contribution in [2.75, 3.05) is 0 Å².